The minimum Gasteiger partial charge on any atom is -0.463 e. The summed E-state index contributed by atoms with van der Waals surface area (Å²) >= 11 is 0. The van der Waals surface area contributed by atoms with E-state index in [0.717, 1.165) is 17.0 Å². The van der Waals surface area contributed by atoms with E-state index >= 15 is 0 Å². The third kappa shape index (κ3) is 3.54. The van der Waals surface area contributed by atoms with Crippen LogP contribution in [-0.4, -0.2) is 25.7 Å². The summed E-state index contributed by atoms with van der Waals surface area (Å²) in [4.78, 5) is 22.8. The van der Waals surface area contributed by atoms with Crippen LogP contribution in [0.3, 0.4) is 0 Å². The second kappa shape index (κ2) is 8.11. The number of carbonyl (C=O) groups is 1. The topological polar surface area (TPSA) is 85.8 Å². The number of pyridine rings is 2. The van der Waals surface area contributed by atoms with Crippen molar-refractivity contribution in [3.8, 4) is 11.5 Å². The smallest absolute Gasteiger partial charge is 0.252 e. The van der Waals surface area contributed by atoms with Gasteiger partial charge >= 0.3 is 0 Å². The molecule has 32 heavy (non-hydrogen) atoms. The molecule has 5 rings (SSSR count). The summed E-state index contributed by atoms with van der Waals surface area (Å²) in [7, 11) is 1.82. The van der Waals surface area contributed by atoms with Crippen LogP contribution >= 0.6 is 0 Å². The fourth-order valence-corrected chi connectivity index (χ4v) is 3.90. The molecular formula is C25H21N5O2. The number of hydrogen-bond donors (Lipinski definition) is 1. The number of hydrogen-bond acceptors (Lipinski definition) is 5. The number of amides is 1. The average molecular weight is 423 g/mol. The van der Waals surface area contributed by atoms with E-state index in [1.165, 1.54) is 0 Å². The Morgan fingerprint density at radius 2 is 1.88 bits per heavy atom. The molecule has 1 aromatic carbocycles. The van der Waals surface area contributed by atoms with E-state index in [1.807, 2.05) is 68.6 Å². The lowest BCUT2D eigenvalue weighted by atomic mass is 10.0. The first-order valence-corrected chi connectivity index (χ1v) is 10.3. The summed E-state index contributed by atoms with van der Waals surface area (Å²) in [6, 6.07) is 20.4. The summed E-state index contributed by atoms with van der Waals surface area (Å²) in [5.41, 5.74) is 4.12. The van der Waals surface area contributed by atoms with Crippen molar-refractivity contribution in [1.82, 2.24) is 25.1 Å². The Kier molecular flexibility index (Phi) is 4.99. The molecular weight excluding hydrogens is 402 g/mol. The van der Waals surface area contributed by atoms with Gasteiger partial charge in [0.15, 0.2) is 11.4 Å². The zero-order chi connectivity index (χ0) is 22.1. The molecule has 0 aliphatic rings. The van der Waals surface area contributed by atoms with Crippen molar-refractivity contribution in [2.24, 2.45) is 7.05 Å². The molecule has 1 unspecified atom stereocenters. The number of rotatable bonds is 5. The monoisotopic (exact) mass is 423 g/mol. The first-order chi connectivity index (χ1) is 15.6. The molecule has 0 radical (unpaired) electrons. The number of nitrogens with one attached hydrogen (secondary N) is 1. The van der Waals surface area contributed by atoms with Gasteiger partial charge in [-0.15, -0.1) is 0 Å². The van der Waals surface area contributed by atoms with E-state index in [4.69, 9.17) is 9.40 Å². The van der Waals surface area contributed by atoms with Crippen LogP contribution in [-0.2, 0) is 7.05 Å². The first kappa shape index (κ1) is 19.7. The second-order valence-electron chi connectivity index (χ2n) is 7.51. The van der Waals surface area contributed by atoms with Gasteiger partial charge < -0.3 is 9.73 Å². The van der Waals surface area contributed by atoms with Crippen molar-refractivity contribution < 1.29 is 9.21 Å². The van der Waals surface area contributed by atoms with Crippen molar-refractivity contribution in [3.63, 3.8) is 0 Å². The van der Waals surface area contributed by atoms with E-state index in [0.29, 0.717) is 28.1 Å². The maximum atomic E-state index is 13.7. The zero-order valence-electron chi connectivity index (χ0n) is 17.7. The highest BCUT2D eigenvalue weighted by Crippen LogP contribution is 2.28. The molecule has 7 nitrogen and oxygen atoms in total. The van der Waals surface area contributed by atoms with Crippen molar-refractivity contribution >= 4 is 16.9 Å². The van der Waals surface area contributed by atoms with Gasteiger partial charge in [-0.3, -0.25) is 14.5 Å². The molecule has 158 valence electrons. The normalized spacial score (nSPS) is 12.1. The van der Waals surface area contributed by atoms with Crippen LogP contribution in [0.15, 0.2) is 83.6 Å². The number of aryl methyl sites for hydroxylation is 2. The summed E-state index contributed by atoms with van der Waals surface area (Å²) < 4.78 is 7.22. The lowest BCUT2D eigenvalue weighted by molar-refractivity contribution is 0.0944. The van der Waals surface area contributed by atoms with Crippen LogP contribution < -0.4 is 5.32 Å². The van der Waals surface area contributed by atoms with Crippen LogP contribution in [0, 0.1) is 6.92 Å². The van der Waals surface area contributed by atoms with Gasteiger partial charge in [0.1, 0.15) is 5.69 Å². The van der Waals surface area contributed by atoms with E-state index in [9.17, 15) is 4.79 Å². The molecule has 1 amide bonds. The van der Waals surface area contributed by atoms with Crippen molar-refractivity contribution in [2.45, 2.75) is 13.0 Å². The van der Waals surface area contributed by atoms with Gasteiger partial charge in [-0.05, 0) is 42.8 Å². The van der Waals surface area contributed by atoms with Crippen molar-refractivity contribution in [1.29, 1.82) is 0 Å². The minimum atomic E-state index is -0.405. The molecule has 5 aromatic rings. The molecule has 0 saturated carbocycles. The Hall–Kier alpha value is -4.26. The molecule has 0 aliphatic carbocycles. The lowest BCUT2D eigenvalue weighted by Gasteiger charge is -2.19. The molecule has 1 N–H and O–H groups in total. The third-order valence-corrected chi connectivity index (χ3v) is 5.38. The molecule has 7 heteroatoms. The predicted octanol–water partition coefficient (Wildman–Crippen LogP) is 4.45. The summed E-state index contributed by atoms with van der Waals surface area (Å²) in [5.74, 6) is 0.352. The first-order valence-electron chi connectivity index (χ1n) is 10.3. The summed E-state index contributed by atoms with van der Waals surface area (Å²) in [6.07, 6.45) is 3.31. The van der Waals surface area contributed by atoms with Gasteiger partial charge in [-0.25, -0.2) is 4.98 Å². The van der Waals surface area contributed by atoms with Crippen molar-refractivity contribution in [3.05, 3.63) is 102 Å². The quantitative estimate of drug-likeness (QED) is 0.451. The van der Waals surface area contributed by atoms with Crippen LogP contribution in [0.1, 0.15) is 33.4 Å². The summed E-state index contributed by atoms with van der Waals surface area (Å²) in [5, 5.41) is 8.37. The van der Waals surface area contributed by atoms with Gasteiger partial charge in [0.05, 0.1) is 34.6 Å². The molecule has 0 fully saturated rings. The van der Waals surface area contributed by atoms with Gasteiger partial charge in [-0.2, -0.15) is 5.10 Å². The largest absolute Gasteiger partial charge is 0.463 e. The van der Waals surface area contributed by atoms with Crippen LogP contribution in [0.4, 0.5) is 0 Å². The minimum absolute atomic E-state index is 0.235. The highest BCUT2D eigenvalue weighted by atomic mass is 16.3. The maximum absolute atomic E-state index is 13.7. The number of aromatic nitrogens is 4. The molecule has 1 atom stereocenters. The molecule has 0 bridgehead atoms. The third-order valence-electron chi connectivity index (χ3n) is 5.38. The standard InChI is InChI=1S/C25H21N5O2/c1-16-22-18(15-20(21-12-8-14-32-21)27-24(22)30(2)29-16)25(31)28-23(17-9-4-3-5-10-17)19-11-6-7-13-26-19/h3-15,23H,1-2H3,(H,28,31). The number of benzene rings is 1. The zero-order valence-corrected chi connectivity index (χ0v) is 17.7. The average Bonchev–Trinajstić information content (AvgIpc) is 3.46. The van der Waals surface area contributed by atoms with E-state index in [2.05, 4.69) is 15.4 Å². The Morgan fingerprint density at radius 1 is 1.06 bits per heavy atom. The molecule has 4 heterocycles. The van der Waals surface area contributed by atoms with E-state index in [1.54, 1.807) is 29.3 Å². The van der Waals surface area contributed by atoms with Crippen LogP contribution in [0.5, 0.6) is 0 Å². The number of furan rings is 1. The Labute approximate surface area is 184 Å². The number of nitrogens with zero attached hydrogens (tertiary/aromatic N) is 4. The molecule has 4 aromatic heterocycles. The highest BCUT2D eigenvalue weighted by Gasteiger charge is 2.24. The molecule has 0 aliphatic heterocycles. The van der Waals surface area contributed by atoms with Gasteiger partial charge in [-0.1, -0.05) is 36.4 Å². The van der Waals surface area contributed by atoms with Gasteiger partial charge in [0, 0.05) is 13.2 Å². The Morgan fingerprint density at radius 3 is 2.59 bits per heavy atom. The van der Waals surface area contributed by atoms with E-state index < -0.39 is 6.04 Å². The van der Waals surface area contributed by atoms with Crippen LogP contribution in [0.2, 0.25) is 0 Å². The molecule has 0 spiro atoms. The SMILES string of the molecule is Cc1nn(C)c2nc(-c3ccco3)cc(C(=O)NC(c3ccccc3)c3ccccn3)c12. The second-order valence-corrected chi connectivity index (χ2v) is 7.51. The lowest BCUT2D eigenvalue weighted by Crippen LogP contribution is -2.30. The van der Waals surface area contributed by atoms with Crippen LogP contribution in [0.25, 0.3) is 22.5 Å². The Balaban J connectivity index is 1.62. The number of carbonyl (C=O) groups excluding carboxylic acids is 1. The molecule has 0 saturated heterocycles. The Bertz CT molecular complexity index is 1340. The summed E-state index contributed by atoms with van der Waals surface area (Å²) in [6.45, 7) is 1.88. The van der Waals surface area contributed by atoms with Crippen molar-refractivity contribution in [2.75, 3.05) is 0 Å². The predicted molar refractivity (Wildman–Crippen MR) is 121 cm³/mol. The number of fused-ring (bicyclic) bond motifs is 1. The van der Waals surface area contributed by atoms with E-state index in [-0.39, 0.29) is 5.91 Å². The van der Waals surface area contributed by atoms with Gasteiger partial charge in [0.25, 0.3) is 5.91 Å². The maximum Gasteiger partial charge on any atom is 0.252 e. The van der Waals surface area contributed by atoms with Gasteiger partial charge in [0.2, 0.25) is 0 Å². The highest BCUT2D eigenvalue weighted by molar-refractivity contribution is 6.07. The fourth-order valence-electron chi connectivity index (χ4n) is 3.90. The fraction of sp³-hybridized carbons (Fsp3) is 0.120.